The molecule has 2 aliphatic carbocycles. The summed E-state index contributed by atoms with van der Waals surface area (Å²) < 4.78 is 0. The van der Waals surface area contributed by atoms with Gasteiger partial charge in [-0.15, -0.1) is 0 Å². The molecule has 30 heavy (non-hydrogen) atoms. The molecule has 146 valence electrons. The predicted octanol–water partition coefficient (Wildman–Crippen LogP) is 8.01. The maximum atomic E-state index is 2.36. The fourth-order valence-electron chi connectivity index (χ4n) is 6.07. The van der Waals surface area contributed by atoms with Crippen molar-refractivity contribution < 1.29 is 0 Å². The highest BCUT2D eigenvalue weighted by atomic mass is 14.4. The summed E-state index contributed by atoms with van der Waals surface area (Å²) in [5.41, 5.74) is 14.7. The first-order chi connectivity index (χ1) is 14.7. The smallest absolute Gasteiger partial charge is 0.0105 e. The zero-order chi connectivity index (χ0) is 20.2. The second-order valence-corrected chi connectivity index (χ2v) is 8.93. The van der Waals surface area contributed by atoms with E-state index in [1.54, 1.807) is 5.56 Å². The van der Waals surface area contributed by atoms with Crippen molar-refractivity contribution in [2.24, 2.45) is 0 Å². The Bertz CT molecular complexity index is 1280. The highest BCUT2D eigenvalue weighted by Gasteiger charge is 2.33. The van der Waals surface area contributed by atoms with Gasteiger partial charge in [0.1, 0.15) is 0 Å². The van der Waals surface area contributed by atoms with Crippen LogP contribution in [0.25, 0.3) is 22.3 Å². The first kappa shape index (κ1) is 17.7. The molecule has 0 aliphatic heterocycles. The topological polar surface area (TPSA) is 0 Å². The molecule has 2 atom stereocenters. The maximum absolute atomic E-state index is 2.36. The van der Waals surface area contributed by atoms with Crippen LogP contribution >= 0.6 is 0 Å². The molecule has 0 spiro atoms. The third-order valence-electron chi connectivity index (χ3n) is 7.33. The summed E-state index contributed by atoms with van der Waals surface area (Å²) in [6, 6.07) is 31.7. The van der Waals surface area contributed by atoms with Crippen LogP contribution in [0.2, 0.25) is 0 Å². The number of hydrogen-bond donors (Lipinski definition) is 0. The molecule has 0 heterocycles. The van der Waals surface area contributed by atoms with E-state index >= 15 is 0 Å². The molecule has 4 aromatic carbocycles. The highest BCUT2D eigenvalue weighted by Crippen LogP contribution is 2.52. The third-order valence-corrected chi connectivity index (χ3v) is 7.33. The Hall–Kier alpha value is -3.12. The van der Waals surface area contributed by atoms with Crippen LogP contribution < -0.4 is 0 Å². The standard InChI is InChI=1S/C30H26/c1-19-9-8-16-27-24(23-13-5-6-14-25(23)29(19)27)17-18-28-22-12-4-3-11-21(22)26-15-7-10-20(2)30(26)28/h3-16,24,28H,17-18H2,1-2H3. The minimum atomic E-state index is 0.497. The van der Waals surface area contributed by atoms with Gasteiger partial charge >= 0.3 is 0 Å². The quantitative estimate of drug-likeness (QED) is 0.334. The molecule has 2 unspecified atom stereocenters. The van der Waals surface area contributed by atoms with E-state index in [0.29, 0.717) is 11.8 Å². The Balaban J connectivity index is 1.41. The van der Waals surface area contributed by atoms with E-state index in [1.165, 1.54) is 62.9 Å². The summed E-state index contributed by atoms with van der Waals surface area (Å²) in [6.07, 6.45) is 2.36. The van der Waals surface area contributed by atoms with Crippen LogP contribution in [-0.4, -0.2) is 0 Å². The van der Waals surface area contributed by atoms with Gasteiger partial charge in [0.05, 0.1) is 0 Å². The van der Waals surface area contributed by atoms with Crippen LogP contribution in [-0.2, 0) is 0 Å². The largest absolute Gasteiger partial charge is 0.0619 e. The van der Waals surface area contributed by atoms with Crippen molar-refractivity contribution in [3.8, 4) is 22.3 Å². The van der Waals surface area contributed by atoms with E-state index in [9.17, 15) is 0 Å². The number of fused-ring (bicyclic) bond motifs is 6. The van der Waals surface area contributed by atoms with Crippen molar-refractivity contribution in [1.29, 1.82) is 0 Å². The van der Waals surface area contributed by atoms with Gasteiger partial charge in [-0.1, -0.05) is 84.9 Å². The lowest BCUT2D eigenvalue weighted by Crippen LogP contribution is -2.04. The predicted molar refractivity (Wildman–Crippen MR) is 126 cm³/mol. The van der Waals surface area contributed by atoms with Crippen LogP contribution in [0.4, 0.5) is 0 Å². The molecule has 0 nitrogen and oxygen atoms in total. The average molecular weight is 387 g/mol. The van der Waals surface area contributed by atoms with Gasteiger partial charge in [-0.3, -0.25) is 0 Å². The van der Waals surface area contributed by atoms with E-state index in [1.807, 2.05) is 0 Å². The van der Waals surface area contributed by atoms with Crippen molar-refractivity contribution >= 4 is 0 Å². The van der Waals surface area contributed by atoms with E-state index in [-0.39, 0.29) is 0 Å². The van der Waals surface area contributed by atoms with E-state index in [0.717, 1.165) is 0 Å². The summed E-state index contributed by atoms with van der Waals surface area (Å²) in [6.45, 7) is 4.53. The van der Waals surface area contributed by atoms with Gasteiger partial charge in [0, 0.05) is 11.8 Å². The number of benzene rings is 4. The Morgan fingerprint density at radius 3 is 1.90 bits per heavy atom. The molecule has 0 bridgehead atoms. The summed E-state index contributed by atoms with van der Waals surface area (Å²) in [7, 11) is 0. The van der Waals surface area contributed by atoms with Crippen LogP contribution in [0.5, 0.6) is 0 Å². The summed E-state index contributed by atoms with van der Waals surface area (Å²) >= 11 is 0. The minimum Gasteiger partial charge on any atom is -0.0619 e. The Morgan fingerprint density at radius 1 is 0.500 bits per heavy atom. The first-order valence-electron chi connectivity index (χ1n) is 11.1. The second kappa shape index (κ2) is 6.71. The Labute approximate surface area is 179 Å². The fraction of sp³-hybridized carbons (Fsp3) is 0.200. The molecular formula is C30H26. The molecule has 6 rings (SSSR count). The molecule has 0 saturated heterocycles. The lowest BCUT2D eigenvalue weighted by Gasteiger charge is -2.20. The maximum Gasteiger partial charge on any atom is 0.0105 e. The number of rotatable bonds is 3. The van der Waals surface area contributed by atoms with Crippen LogP contribution in [0.3, 0.4) is 0 Å². The number of aryl methyl sites for hydroxylation is 2. The van der Waals surface area contributed by atoms with Gasteiger partial charge in [-0.2, -0.15) is 0 Å². The molecule has 0 aromatic heterocycles. The molecule has 0 saturated carbocycles. The molecule has 4 aromatic rings. The summed E-state index contributed by atoms with van der Waals surface area (Å²) in [5.74, 6) is 0.995. The second-order valence-electron chi connectivity index (χ2n) is 8.93. The third kappa shape index (κ3) is 2.46. The fourth-order valence-corrected chi connectivity index (χ4v) is 6.07. The van der Waals surface area contributed by atoms with Gasteiger partial charge in [0.2, 0.25) is 0 Å². The first-order valence-corrected chi connectivity index (χ1v) is 11.1. The molecule has 2 aliphatic rings. The van der Waals surface area contributed by atoms with Crippen molar-refractivity contribution in [3.05, 3.63) is 118 Å². The van der Waals surface area contributed by atoms with Gasteiger partial charge in [0.15, 0.2) is 0 Å². The zero-order valence-corrected chi connectivity index (χ0v) is 17.7. The van der Waals surface area contributed by atoms with E-state index < -0.39 is 0 Å². The molecule has 0 N–H and O–H groups in total. The van der Waals surface area contributed by atoms with E-state index in [2.05, 4.69) is 98.8 Å². The summed E-state index contributed by atoms with van der Waals surface area (Å²) in [4.78, 5) is 0. The lowest BCUT2D eigenvalue weighted by atomic mass is 9.84. The Morgan fingerprint density at radius 2 is 1.07 bits per heavy atom. The normalized spacial score (nSPS) is 17.9. The molecule has 0 fully saturated rings. The average Bonchev–Trinajstić information content (AvgIpc) is 3.27. The molecule has 0 radical (unpaired) electrons. The van der Waals surface area contributed by atoms with Crippen molar-refractivity contribution in [2.45, 2.75) is 38.5 Å². The van der Waals surface area contributed by atoms with Crippen LogP contribution in [0.1, 0.15) is 58.1 Å². The number of hydrogen-bond acceptors (Lipinski definition) is 0. The lowest BCUT2D eigenvalue weighted by molar-refractivity contribution is 0.624. The van der Waals surface area contributed by atoms with Gasteiger partial charge in [0.25, 0.3) is 0 Å². The summed E-state index contributed by atoms with van der Waals surface area (Å²) in [5, 5.41) is 0. The van der Waals surface area contributed by atoms with Crippen LogP contribution in [0, 0.1) is 13.8 Å². The minimum absolute atomic E-state index is 0.497. The van der Waals surface area contributed by atoms with E-state index in [4.69, 9.17) is 0 Å². The van der Waals surface area contributed by atoms with Gasteiger partial charge in [-0.25, -0.2) is 0 Å². The SMILES string of the molecule is Cc1cccc2c1-c1ccccc1C2CCC1c2ccccc2-c2cccc(C)c21. The van der Waals surface area contributed by atoms with Crippen LogP contribution in [0.15, 0.2) is 84.9 Å². The molecular weight excluding hydrogens is 360 g/mol. The van der Waals surface area contributed by atoms with Gasteiger partial charge in [-0.05, 0) is 82.3 Å². The van der Waals surface area contributed by atoms with Crippen molar-refractivity contribution in [3.63, 3.8) is 0 Å². The van der Waals surface area contributed by atoms with Crippen molar-refractivity contribution in [2.75, 3.05) is 0 Å². The molecule has 0 heteroatoms. The van der Waals surface area contributed by atoms with Gasteiger partial charge < -0.3 is 0 Å². The zero-order valence-electron chi connectivity index (χ0n) is 17.7. The molecule has 0 amide bonds. The van der Waals surface area contributed by atoms with Crippen molar-refractivity contribution in [1.82, 2.24) is 0 Å². The monoisotopic (exact) mass is 386 g/mol. The highest BCUT2D eigenvalue weighted by molar-refractivity contribution is 5.82. The Kier molecular flexibility index (Phi) is 3.96.